The molecule has 114 valence electrons. The van der Waals surface area contributed by atoms with Gasteiger partial charge in [0.25, 0.3) is 0 Å². The lowest BCUT2D eigenvalue weighted by Crippen LogP contribution is -2.38. The van der Waals surface area contributed by atoms with Gasteiger partial charge in [-0.15, -0.1) is 0 Å². The van der Waals surface area contributed by atoms with Crippen LogP contribution < -0.4 is 5.32 Å². The van der Waals surface area contributed by atoms with E-state index in [1.165, 1.54) is 15.6 Å². The molecule has 20 heavy (non-hydrogen) atoms. The Hall–Kier alpha value is -0.380. The number of halogens is 1. The molecule has 1 atom stereocenters. The van der Waals surface area contributed by atoms with Crippen molar-refractivity contribution >= 4 is 15.9 Å². The molecule has 1 N–H and O–H groups in total. The first-order valence-corrected chi connectivity index (χ1v) is 8.23. The number of benzene rings is 1. The zero-order valence-corrected chi connectivity index (χ0v) is 15.3. The van der Waals surface area contributed by atoms with Crippen LogP contribution in [0.5, 0.6) is 0 Å². The molecule has 1 aromatic carbocycles. The monoisotopic (exact) mass is 340 g/mol. The van der Waals surface area contributed by atoms with Gasteiger partial charge in [-0.25, -0.2) is 0 Å². The molecule has 1 aromatic rings. The molecule has 0 fully saturated rings. The normalized spacial score (nSPS) is 13.8. The number of hydrogen-bond donors (Lipinski definition) is 1. The van der Waals surface area contributed by atoms with Gasteiger partial charge in [0.15, 0.2) is 0 Å². The molecule has 0 bridgehead atoms. The van der Waals surface area contributed by atoms with Crippen LogP contribution in [0.15, 0.2) is 22.7 Å². The summed E-state index contributed by atoms with van der Waals surface area (Å²) < 4.78 is 1.21. The van der Waals surface area contributed by atoms with E-state index in [0.29, 0.717) is 11.5 Å². The van der Waals surface area contributed by atoms with Crippen molar-refractivity contribution in [1.29, 1.82) is 0 Å². The highest BCUT2D eigenvalue weighted by atomic mass is 79.9. The van der Waals surface area contributed by atoms with Gasteiger partial charge in [0.05, 0.1) is 0 Å². The van der Waals surface area contributed by atoms with Gasteiger partial charge in [0.2, 0.25) is 0 Å². The van der Waals surface area contributed by atoms with Gasteiger partial charge in [0.1, 0.15) is 0 Å². The van der Waals surface area contributed by atoms with Crippen molar-refractivity contribution < 1.29 is 0 Å². The van der Waals surface area contributed by atoms with Crippen molar-refractivity contribution in [3.8, 4) is 0 Å². The molecule has 3 heteroatoms. The fourth-order valence-electron chi connectivity index (χ4n) is 2.17. The lowest BCUT2D eigenvalue weighted by molar-refractivity contribution is 0.134. The first-order chi connectivity index (χ1) is 9.25. The van der Waals surface area contributed by atoms with Crippen molar-refractivity contribution in [2.75, 3.05) is 13.6 Å². The van der Waals surface area contributed by atoms with Crippen molar-refractivity contribution in [3.63, 3.8) is 0 Å². The number of hydrogen-bond acceptors (Lipinski definition) is 2. The van der Waals surface area contributed by atoms with Crippen LogP contribution in [0.2, 0.25) is 0 Å². The third-order valence-corrected chi connectivity index (χ3v) is 4.77. The Kier molecular flexibility index (Phi) is 6.70. The van der Waals surface area contributed by atoms with Crippen LogP contribution >= 0.6 is 15.9 Å². The molecule has 0 amide bonds. The second-order valence-corrected chi connectivity index (χ2v) is 7.52. The first kappa shape index (κ1) is 17.7. The molecule has 1 unspecified atom stereocenters. The Bertz CT molecular complexity index is 423. The van der Waals surface area contributed by atoms with Crippen LogP contribution in [0.4, 0.5) is 0 Å². The Morgan fingerprint density at radius 1 is 1.30 bits per heavy atom. The highest BCUT2D eigenvalue weighted by molar-refractivity contribution is 9.10. The highest BCUT2D eigenvalue weighted by Gasteiger charge is 2.24. The maximum Gasteiger partial charge on any atom is 0.0244 e. The van der Waals surface area contributed by atoms with Gasteiger partial charge in [-0.05, 0) is 43.1 Å². The lowest BCUT2D eigenvalue weighted by Gasteiger charge is -2.35. The second kappa shape index (κ2) is 7.58. The Labute approximate surface area is 133 Å². The summed E-state index contributed by atoms with van der Waals surface area (Å²) in [5.41, 5.74) is 2.98. The summed E-state index contributed by atoms with van der Waals surface area (Å²) in [7, 11) is 2.20. The fourth-order valence-corrected chi connectivity index (χ4v) is 2.72. The quantitative estimate of drug-likeness (QED) is 0.824. The highest BCUT2D eigenvalue weighted by Crippen LogP contribution is 2.26. The molecule has 2 nitrogen and oxygen atoms in total. The summed E-state index contributed by atoms with van der Waals surface area (Å²) in [6.45, 7) is 14.2. The van der Waals surface area contributed by atoms with Gasteiger partial charge >= 0.3 is 0 Å². The van der Waals surface area contributed by atoms with E-state index < -0.39 is 0 Å². The average molecular weight is 341 g/mol. The smallest absolute Gasteiger partial charge is 0.0244 e. The number of nitrogens with zero attached hydrogens (tertiary/aromatic N) is 1. The average Bonchev–Trinajstić information content (AvgIpc) is 2.37. The minimum absolute atomic E-state index is 0.298. The van der Waals surface area contributed by atoms with Crippen molar-refractivity contribution in [2.45, 2.75) is 53.8 Å². The minimum atomic E-state index is 0.298. The molecule has 0 saturated heterocycles. The van der Waals surface area contributed by atoms with E-state index in [1.54, 1.807) is 0 Å². The molecular weight excluding hydrogens is 312 g/mol. The topological polar surface area (TPSA) is 15.3 Å². The van der Waals surface area contributed by atoms with Crippen molar-refractivity contribution in [2.24, 2.45) is 5.41 Å². The maximum atomic E-state index is 3.71. The van der Waals surface area contributed by atoms with Gasteiger partial charge < -0.3 is 5.32 Å². The Balaban J connectivity index is 2.73. The Morgan fingerprint density at radius 3 is 2.45 bits per heavy atom. The van der Waals surface area contributed by atoms with Gasteiger partial charge in [-0.3, -0.25) is 4.90 Å². The molecule has 0 saturated carbocycles. The van der Waals surface area contributed by atoms with Crippen molar-refractivity contribution in [3.05, 3.63) is 33.8 Å². The number of nitrogens with one attached hydrogen (secondary N) is 1. The van der Waals surface area contributed by atoms with E-state index in [4.69, 9.17) is 0 Å². The van der Waals surface area contributed by atoms with Crippen LogP contribution in [0.25, 0.3) is 0 Å². The van der Waals surface area contributed by atoms with E-state index >= 15 is 0 Å². The Morgan fingerprint density at radius 2 is 1.95 bits per heavy atom. The summed E-state index contributed by atoms with van der Waals surface area (Å²) in [5.74, 6) is 0. The molecule has 0 aliphatic rings. The van der Waals surface area contributed by atoms with E-state index in [9.17, 15) is 0 Å². The first-order valence-electron chi connectivity index (χ1n) is 7.44. The zero-order chi connectivity index (χ0) is 15.3. The van der Waals surface area contributed by atoms with Gasteiger partial charge in [-0.1, -0.05) is 55.8 Å². The summed E-state index contributed by atoms with van der Waals surface area (Å²) in [6, 6.07) is 7.23. The maximum absolute atomic E-state index is 3.71. The minimum Gasteiger partial charge on any atom is -0.313 e. The zero-order valence-electron chi connectivity index (χ0n) is 13.8. The summed E-state index contributed by atoms with van der Waals surface area (Å²) in [6.07, 6.45) is 0. The molecular formula is C17H29BrN2. The predicted octanol–water partition coefficient (Wildman–Crippen LogP) is 4.43. The molecule has 0 radical (unpaired) electrons. The SMILES string of the molecule is CCNCc1ccc(CN(C)C(C)C(C)(C)C)c(Br)c1. The molecule has 0 aliphatic heterocycles. The largest absolute Gasteiger partial charge is 0.313 e. The van der Waals surface area contributed by atoms with Gasteiger partial charge in [0, 0.05) is 23.6 Å². The standard InChI is InChI=1S/C17H29BrN2/c1-7-19-11-14-8-9-15(16(18)10-14)12-20(6)13(2)17(3,4)5/h8-10,13,19H,7,11-12H2,1-6H3. The molecule has 0 aromatic heterocycles. The van der Waals surface area contributed by atoms with Crippen LogP contribution in [-0.2, 0) is 13.1 Å². The van der Waals surface area contributed by atoms with Gasteiger partial charge in [-0.2, -0.15) is 0 Å². The van der Waals surface area contributed by atoms with Crippen LogP contribution in [0.1, 0.15) is 45.7 Å². The van der Waals surface area contributed by atoms with Crippen LogP contribution in [-0.4, -0.2) is 24.5 Å². The fraction of sp³-hybridized carbons (Fsp3) is 0.647. The summed E-state index contributed by atoms with van der Waals surface area (Å²) in [5, 5.41) is 3.36. The number of rotatable bonds is 6. The third kappa shape index (κ3) is 5.19. The van der Waals surface area contributed by atoms with Crippen LogP contribution in [0, 0.1) is 5.41 Å². The lowest BCUT2D eigenvalue weighted by atomic mass is 9.87. The summed E-state index contributed by atoms with van der Waals surface area (Å²) >= 11 is 3.71. The second-order valence-electron chi connectivity index (χ2n) is 6.66. The summed E-state index contributed by atoms with van der Waals surface area (Å²) in [4.78, 5) is 2.42. The van der Waals surface area contributed by atoms with E-state index in [0.717, 1.165) is 19.6 Å². The molecule has 0 spiro atoms. The molecule has 1 rings (SSSR count). The van der Waals surface area contributed by atoms with E-state index in [1.807, 2.05) is 0 Å². The third-order valence-electron chi connectivity index (χ3n) is 4.03. The van der Waals surface area contributed by atoms with Crippen LogP contribution in [0.3, 0.4) is 0 Å². The van der Waals surface area contributed by atoms with E-state index in [-0.39, 0.29) is 0 Å². The molecule has 0 heterocycles. The molecule has 0 aliphatic carbocycles. The predicted molar refractivity (Wildman–Crippen MR) is 91.9 cm³/mol. The van der Waals surface area contributed by atoms with E-state index in [2.05, 4.69) is 86.0 Å². The van der Waals surface area contributed by atoms with Crippen molar-refractivity contribution in [1.82, 2.24) is 10.2 Å².